The Morgan fingerprint density at radius 1 is 1.16 bits per heavy atom. The number of nitrogens with one attached hydrogen (secondary N) is 1. The van der Waals surface area contributed by atoms with Gasteiger partial charge in [-0.1, -0.05) is 24.3 Å². The van der Waals surface area contributed by atoms with E-state index in [2.05, 4.69) is 15.1 Å². The van der Waals surface area contributed by atoms with E-state index in [0.717, 1.165) is 28.5 Å². The number of nitrogens with zero attached hydrogens (tertiary/aromatic N) is 2. The predicted octanol–water partition coefficient (Wildman–Crippen LogP) is 2.69. The van der Waals surface area contributed by atoms with E-state index in [9.17, 15) is 9.90 Å². The van der Waals surface area contributed by atoms with Crippen LogP contribution in [0.15, 0.2) is 66.8 Å². The van der Waals surface area contributed by atoms with Crippen LogP contribution in [0, 0.1) is 0 Å². The maximum absolute atomic E-state index is 11.3. The van der Waals surface area contributed by atoms with E-state index >= 15 is 0 Å². The molecule has 6 heteroatoms. The molecule has 0 aromatic heterocycles. The molecule has 2 aliphatic rings. The summed E-state index contributed by atoms with van der Waals surface area (Å²) >= 11 is 0. The van der Waals surface area contributed by atoms with Crippen LogP contribution in [0.5, 0.6) is 0 Å². The molecular formula is C19H18N4O2. The fraction of sp³-hybridized carbons (Fsp3) is 0.105. The van der Waals surface area contributed by atoms with E-state index in [1.807, 2.05) is 42.7 Å². The van der Waals surface area contributed by atoms with Gasteiger partial charge in [-0.25, -0.2) is 4.79 Å². The molecule has 4 N–H and O–H groups in total. The van der Waals surface area contributed by atoms with Gasteiger partial charge in [0.1, 0.15) is 5.82 Å². The molecule has 6 nitrogen and oxygen atoms in total. The molecule has 4 rings (SSSR count). The quantitative estimate of drug-likeness (QED) is 0.797. The molecule has 0 saturated heterocycles. The average molecular weight is 334 g/mol. The zero-order valence-corrected chi connectivity index (χ0v) is 13.5. The van der Waals surface area contributed by atoms with Gasteiger partial charge in [-0.05, 0) is 24.3 Å². The van der Waals surface area contributed by atoms with Crippen molar-refractivity contribution in [1.82, 2.24) is 4.90 Å². The zero-order chi connectivity index (χ0) is 17.4. The molecule has 0 radical (unpaired) electrons. The highest BCUT2D eigenvalue weighted by Crippen LogP contribution is 2.41. The number of aromatic carboxylic acids is 1. The van der Waals surface area contributed by atoms with Crippen LogP contribution in [0.3, 0.4) is 0 Å². The first kappa shape index (κ1) is 15.3. The lowest BCUT2D eigenvalue weighted by Crippen LogP contribution is -2.31. The lowest BCUT2D eigenvalue weighted by molar-refractivity contribution is 0.0697. The van der Waals surface area contributed by atoms with E-state index in [0.29, 0.717) is 13.1 Å². The summed E-state index contributed by atoms with van der Waals surface area (Å²) in [7, 11) is 0. The molecule has 0 bridgehead atoms. The van der Waals surface area contributed by atoms with Crippen LogP contribution >= 0.6 is 0 Å². The zero-order valence-electron chi connectivity index (χ0n) is 13.5. The first-order valence-corrected chi connectivity index (χ1v) is 8.07. The second kappa shape index (κ2) is 5.99. The monoisotopic (exact) mass is 334 g/mol. The fourth-order valence-electron chi connectivity index (χ4n) is 3.21. The number of benzene rings is 2. The molecule has 0 atom stereocenters. The van der Waals surface area contributed by atoms with Crippen molar-refractivity contribution < 1.29 is 9.90 Å². The summed E-state index contributed by atoms with van der Waals surface area (Å²) in [5, 5.41) is 12.6. The Balaban J connectivity index is 1.81. The Morgan fingerprint density at radius 2 is 2.00 bits per heavy atom. The van der Waals surface area contributed by atoms with E-state index in [1.54, 1.807) is 18.2 Å². The van der Waals surface area contributed by atoms with Gasteiger partial charge in [0.2, 0.25) is 0 Å². The SMILES string of the molecule is NCCN1C(c2cccc(C(=O)O)c2)=CN2C1=CNc1ccccc12. The molecule has 2 aromatic rings. The Bertz CT molecular complexity index is 904. The van der Waals surface area contributed by atoms with Crippen molar-refractivity contribution >= 4 is 23.0 Å². The van der Waals surface area contributed by atoms with Crippen molar-refractivity contribution in [2.24, 2.45) is 5.73 Å². The van der Waals surface area contributed by atoms with Crippen molar-refractivity contribution in [1.29, 1.82) is 0 Å². The summed E-state index contributed by atoms with van der Waals surface area (Å²) in [6.45, 7) is 1.12. The van der Waals surface area contributed by atoms with Gasteiger partial charge in [-0.15, -0.1) is 0 Å². The van der Waals surface area contributed by atoms with Gasteiger partial charge in [0.15, 0.2) is 0 Å². The Hall–Kier alpha value is -3.25. The molecule has 0 aliphatic carbocycles. The third-order valence-corrected chi connectivity index (χ3v) is 4.34. The predicted molar refractivity (Wildman–Crippen MR) is 97.8 cm³/mol. The fourth-order valence-corrected chi connectivity index (χ4v) is 3.21. The van der Waals surface area contributed by atoms with Crippen LogP contribution in [0.1, 0.15) is 15.9 Å². The Morgan fingerprint density at radius 3 is 2.80 bits per heavy atom. The number of rotatable bonds is 4. The second-order valence-electron chi connectivity index (χ2n) is 5.87. The van der Waals surface area contributed by atoms with Crippen LogP contribution in [0.25, 0.3) is 5.70 Å². The minimum Gasteiger partial charge on any atom is -0.478 e. The number of fused-ring (bicyclic) bond motifs is 3. The molecule has 2 heterocycles. The number of hydrogen-bond donors (Lipinski definition) is 3. The van der Waals surface area contributed by atoms with Crippen LogP contribution in [-0.4, -0.2) is 29.1 Å². The highest BCUT2D eigenvalue weighted by atomic mass is 16.4. The van der Waals surface area contributed by atoms with Gasteiger partial charge < -0.3 is 21.1 Å². The number of carboxylic acids is 1. The van der Waals surface area contributed by atoms with E-state index < -0.39 is 5.97 Å². The van der Waals surface area contributed by atoms with Crippen molar-refractivity contribution in [3.8, 4) is 0 Å². The van der Waals surface area contributed by atoms with E-state index in [-0.39, 0.29) is 5.56 Å². The molecule has 25 heavy (non-hydrogen) atoms. The number of carboxylic acid groups (broad SMARTS) is 1. The van der Waals surface area contributed by atoms with Crippen LogP contribution in [0.4, 0.5) is 11.4 Å². The van der Waals surface area contributed by atoms with Crippen molar-refractivity contribution in [3.05, 3.63) is 77.9 Å². The van der Waals surface area contributed by atoms with Gasteiger partial charge in [0.05, 0.1) is 22.6 Å². The van der Waals surface area contributed by atoms with E-state index in [1.165, 1.54) is 0 Å². The molecule has 0 saturated carbocycles. The largest absolute Gasteiger partial charge is 0.478 e. The summed E-state index contributed by atoms with van der Waals surface area (Å²) in [4.78, 5) is 15.5. The molecule has 0 spiro atoms. The third kappa shape index (κ3) is 2.53. The first-order chi connectivity index (χ1) is 12.2. The van der Waals surface area contributed by atoms with E-state index in [4.69, 9.17) is 5.73 Å². The summed E-state index contributed by atoms with van der Waals surface area (Å²) in [5.74, 6) is 0.0367. The number of carbonyl (C=O) groups is 1. The number of hydrogen-bond acceptors (Lipinski definition) is 5. The maximum atomic E-state index is 11.3. The van der Waals surface area contributed by atoms with Gasteiger partial charge in [0, 0.05) is 31.1 Å². The second-order valence-corrected chi connectivity index (χ2v) is 5.87. The van der Waals surface area contributed by atoms with Crippen molar-refractivity contribution in [2.45, 2.75) is 0 Å². The first-order valence-electron chi connectivity index (χ1n) is 8.07. The average Bonchev–Trinajstić information content (AvgIpc) is 3.01. The lowest BCUT2D eigenvalue weighted by atomic mass is 10.1. The van der Waals surface area contributed by atoms with Crippen molar-refractivity contribution in [3.63, 3.8) is 0 Å². The lowest BCUT2D eigenvalue weighted by Gasteiger charge is -2.31. The molecule has 126 valence electrons. The standard InChI is InChI=1S/C19H18N4O2/c20-8-9-22-17(13-4-3-5-14(10-13)19(24)25)12-23-16-7-2-1-6-15(16)21-11-18(22)23/h1-7,10-12,21H,8-9,20H2,(H,24,25). The maximum Gasteiger partial charge on any atom is 0.335 e. The normalized spacial score (nSPS) is 15.1. The highest BCUT2D eigenvalue weighted by molar-refractivity contribution is 5.90. The summed E-state index contributed by atoms with van der Waals surface area (Å²) in [6, 6.07) is 15.0. The minimum atomic E-state index is -0.935. The topological polar surface area (TPSA) is 81.8 Å². The Labute approximate surface area is 145 Å². The summed E-state index contributed by atoms with van der Waals surface area (Å²) < 4.78 is 0. The van der Waals surface area contributed by atoms with Gasteiger partial charge in [-0.2, -0.15) is 0 Å². The van der Waals surface area contributed by atoms with Crippen LogP contribution < -0.4 is 16.0 Å². The molecule has 2 aromatic carbocycles. The number of para-hydroxylation sites is 2. The molecular weight excluding hydrogens is 316 g/mol. The summed E-state index contributed by atoms with van der Waals surface area (Å²) in [6.07, 6.45) is 3.98. The molecule has 0 amide bonds. The smallest absolute Gasteiger partial charge is 0.335 e. The highest BCUT2D eigenvalue weighted by Gasteiger charge is 2.31. The van der Waals surface area contributed by atoms with Gasteiger partial charge in [-0.3, -0.25) is 4.90 Å². The minimum absolute atomic E-state index is 0.267. The third-order valence-electron chi connectivity index (χ3n) is 4.34. The van der Waals surface area contributed by atoms with Crippen molar-refractivity contribution in [2.75, 3.05) is 23.3 Å². The van der Waals surface area contributed by atoms with Gasteiger partial charge in [0.25, 0.3) is 0 Å². The Kier molecular flexibility index (Phi) is 3.66. The van der Waals surface area contributed by atoms with Crippen LogP contribution in [-0.2, 0) is 0 Å². The number of nitrogens with two attached hydrogens (primary N) is 1. The van der Waals surface area contributed by atoms with Crippen LogP contribution in [0.2, 0.25) is 0 Å². The van der Waals surface area contributed by atoms with Gasteiger partial charge >= 0.3 is 5.97 Å². The molecule has 0 unspecified atom stereocenters. The molecule has 0 fully saturated rings. The number of anilines is 2. The summed E-state index contributed by atoms with van der Waals surface area (Å²) in [5.41, 5.74) is 9.93. The molecule has 2 aliphatic heterocycles.